The minimum Gasteiger partial charge on any atom is -0.381 e. The van der Waals surface area contributed by atoms with Gasteiger partial charge in [0.25, 0.3) is 0 Å². The first-order valence-corrected chi connectivity index (χ1v) is 40.6. The summed E-state index contributed by atoms with van der Waals surface area (Å²) in [6.07, 6.45) is 34.5. The number of hydrogen-bond acceptors (Lipinski definition) is 11. The van der Waals surface area contributed by atoms with Crippen molar-refractivity contribution in [2.24, 2.45) is 125 Å². The van der Waals surface area contributed by atoms with Crippen molar-refractivity contribution in [2.75, 3.05) is 52.7 Å². The molecule has 9 aliphatic rings. The van der Waals surface area contributed by atoms with Crippen LogP contribution >= 0.6 is 0 Å². The van der Waals surface area contributed by atoms with Gasteiger partial charge in [0.2, 0.25) is 0 Å². The summed E-state index contributed by atoms with van der Waals surface area (Å²) in [5.74, 6) is 5.59. The fourth-order valence-electron chi connectivity index (χ4n) is 16.7. The van der Waals surface area contributed by atoms with Crippen molar-refractivity contribution in [1.82, 2.24) is 10.6 Å². The monoisotopic (exact) mass is 1360 g/mol. The van der Waals surface area contributed by atoms with Gasteiger partial charge in [-0.15, -0.1) is 0 Å². The van der Waals surface area contributed by atoms with Gasteiger partial charge in [-0.2, -0.15) is 0 Å². The average Bonchev–Trinajstić information content (AvgIpc) is 0.944. The van der Waals surface area contributed by atoms with E-state index in [1.165, 1.54) is 161 Å². The molecule has 0 spiro atoms. The Kier molecular flexibility index (Phi) is 42.6. The Morgan fingerprint density at radius 3 is 1.04 bits per heavy atom. The van der Waals surface area contributed by atoms with Crippen LogP contribution in [0.25, 0.3) is 0 Å². The highest BCUT2D eigenvalue weighted by molar-refractivity contribution is 4.90. The van der Waals surface area contributed by atoms with Crippen LogP contribution in [0.3, 0.4) is 0 Å². The lowest BCUT2D eigenvalue weighted by Gasteiger charge is -2.38. The number of piperidine rings is 2. The third-order valence-electron chi connectivity index (χ3n) is 23.9. The third kappa shape index (κ3) is 40.0. The van der Waals surface area contributed by atoms with E-state index in [-0.39, 0.29) is 23.6 Å². The van der Waals surface area contributed by atoms with Crippen LogP contribution in [0.4, 0.5) is 0 Å². The van der Waals surface area contributed by atoms with Gasteiger partial charge in [0.05, 0.1) is 19.3 Å². The Morgan fingerprint density at radius 1 is 0.271 bits per heavy atom. The van der Waals surface area contributed by atoms with Crippen LogP contribution in [0.2, 0.25) is 0 Å². The van der Waals surface area contributed by atoms with Crippen LogP contribution in [-0.2, 0) is 14.2 Å². The molecule has 0 aromatic heterocycles. The summed E-state index contributed by atoms with van der Waals surface area (Å²) >= 11 is 0. The van der Waals surface area contributed by atoms with Crippen molar-refractivity contribution in [2.45, 2.75) is 402 Å². The van der Waals surface area contributed by atoms with E-state index in [2.05, 4.69) is 198 Å². The molecule has 0 amide bonds. The summed E-state index contributed by atoms with van der Waals surface area (Å²) in [4.78, 5) is 0. The van der Waals surface area contributed by atoms with Gasteiger partial charge < -0.3 is 59.2 Å². The van der Waals surface area contributed by atoms with Crippen molar-refractivity contribution in [3.8, 4) is 0 Å². The van der Waals surface area contributed by atoms with E-state index in [9.17, 15) is 0 Å². The lowest BCUT2D eigenvalue weighted by atomic mass is 9.70. The molecule has 576 valence electrons. The van der Waals surface area contributed by atoms with Gasteiger partial charge in [-0.05, 0) is 226 Å². The smallest absolute Gasteiger partial charge is 0.0774 e. The molecule has 11 atom stereocenters. The SMILES string of the molecule is CC(C)(C)C1CCC(N)CC1.CC(C)(C)C1CCCC(N)C1.CC(C)(C)C1CCCCC1.CC(C)(C)C1CCCCC1N.CC(C)(C)C1CCCCN1.CC(C)(C)C1CCNCC1.CC(C)(C)C1CCOCC1N.CC(C)(C)C1COCCC1N.CC(C)(C)C1OCCCC1N. The van der Waals surface area contributed by atoms with Crippen molar-refractivity contribution in [3.63, 3.8) is 0 Å². The second-order valence-electron chi connectivity index (χ2n) is 41.8. The number of nitrogens with two attached hydrogens (primary N) is 6. The third-order valence-corrected chi connectivity index (χ3v) is 23.9. The molecule has 96 heavy (non-hydrogen) atoms. The van der Waals surface area contributed by atoms with Gasteiger partial charge in [-0.25, -0.2) is 0 Å². The number of nitrogens with one attached hydrogen (secondary N) is 2. The van der Waals surface area contributed by atoms with E-state index in [0.29, 0.717) is 79.3 Å². The zero-order valence-corrected chi connectivity index (χ0v) is 69.9. The lowest BCUT2D eigenvalue weighted by molar-refractivity contribution is -0.0600. The van der Waals surface area contributed by atoms with E-state index in [1.807, 2.05) is 0 Å². The highest BCUT2D eigenvalue weighted by atomic mass is 16.5. The Bertz CT molecular complexity index is 1710. The molecular weight excluding hydrogens is 1180 g/mol. The van der Waals surface area contributed by atoms with Crippen LogP contribution in [0, 0.1) is 90.2 Å². The number of ether oxygens (including phenoxy) is 3. The van der Waals surface area contributed by atoms with E-state index >= 15 is 0 Å². The molecule has 5 saturated heterocycles. The Morgan fingerprint density at radius 2 is 0.698 bits per heavy atom. The van der Waals surface area contributed by atoms with Gasteiger partial charge in [0, 0.05) is 68.0 Å². The first-order valence-electron chi connectivity index (χ1n) is 40.6. The maximum Gasteiger partial charge on any atom is 0.0774 e. The predicted molar refractivity (Wildman–Crippen MR) is 423 cm³/mol. The summed E-state index contributed by atoms with van der Waals surface area (Å²) in [6.45, 7) is 69.9. The van der Waals surface area contributed by atoms with E-state index in [0.717, 1.165) is 94.3 Å². The Hall–Kier alpha value is -0.440. The Labute approximate surface area is 601 Å². The molecule has 11 nitrogen and oxygen atoms in total. The van der Waals surface area contributed by atoms with Crippen LogP contribution in [0.5, 0.6) is 0 Å². The quantitative estimate of drug-likeness (QED) is 0.114. The summed E-state index contributed by atoms with van der Waals surface area (Å²) in [7, 11) is 0. The molecule has 4 saturated carbocycles. The fraction of sp³-hybridized carbons (Fsp3) is 1.00. The standard InChI is InChI=1S/3C10H21N.C10H20.3C9H19NO.2C9H19N/c1-10(2,3)8-4-6-9(11)7-5-8;1-10(2,3)8-5-4-6-9(11)7-8;1-10(2,3)8-6-4-5-7-9(8)11;1-10(2,3)9-7-5-4-6-8-9;1-9(2,3)7-6-11-5-4-8(7)10;1-9(2,3)7-4-5-11-6-8(7)10;1-9(2,3)8-7(10)5-4-6-11-8;1-9(2,3)8-4-6-10-7-5-8;1-9(2,3)8-6-4-5-7-10-8/h3*8-9H,4-7,11H2,1-3H3;9H,4-8H2,1-3H3;3*7-8H,4-6,10H2,1-3H3;2*8,10H,4-7H2,1-3H3. The molecule has 11 unspecified atom stereocenters. The highest BCUT2D eigenvalue weighted by Gasteiger charge is 2.37. The zero-order chi connectivity index (χ0) is 73.7. The molecule has 0 aromatic carbocycles. The van der Waals surface area contributed by atoms with Gasteiger partial charge in [-0.1, -0.05) is 232 Å². The second kappa shape index (κ2) is 43.7. The van der Waals surface area contributed by atoms with Crippen molar-refractivity contribution in [1.29, 1.82) is 0 Å². The molecule has 0 radical (unpaired) electrons. The molecule has 5 aliphatic heterocycles. The number of hydrogen-bond donors (Lipinski definition) is 8. The van der Waals surface area contributed by atoms with Crippen molar-refractivity contribution in [3.05, 3.63) is 0 Å². The first-order chi connectivity index (χ1) is 43.9. The molecule has 9 rings (SSSR count). The Balaban J connectivity index is 0.000000540. The maximum atomic E-state index is 6.07. The van der Waals surface area contributed by atoms with E-state index in [1.54, 1.807) is 0 Å². The first kappa shape index (κ1) is 93.6. The minimum absolute atomic E-state index is 0.194. The largest absolute Gasteiger partial charge is 0.381 e. The molecule has 14 N–H and O–H groups in total. The van der Waals surface area contributed by atoms with Crippen LogP contribution in [0.15, 0.2) is 0 Å². The summed E-state index contributed by atoms with van der Waals surface area (Å²) < 4.78 is 16.3. The normalized spacial score (nSPS) is 31.0. The van der Waals surface area contributed by atoms with Gasteiger partial charge in [-0.3, -0.25) is 0 Å². The molecular formula is C85H178N8O3. The van der Waals surface area contributed by atoms with Gasteiger partial charge >= 0.3 is 0 Å². The minimum atomic E-state index is 0.194. The summed E-state index contributed by atoms with van der Waals surface area (Å²) in [6, 6.07) is 3.00. The number of rotatable bonds is 0. The molecule has 4 aliphatic carbocycles. The van der Waals surface area contributed by atoms with Crippen molar-refractivity contribution >= 4 is 0 Å². The van der Waals surface area contributed by atoms with Crippen LogP contribution in [-0.4, -0.2) is 101 Å². The van der Waals surface area contributed by atoms with E-state index < -0.39 is 0 Å². The molecule has 0 bridgehead atoms. The molecule has 11 heteroatoms. The lowest BCUT2D eigenvalue weighted by Crippen LogP contribution is -2.48. The zero-order valence-electron chi connectivity index (χ0n) is 69.9. The summed E-state index contributed by atoms with van der Waals surface area (Å²) in [5.41, 5.74) is 39.5. The maximum absolute atomic E-state index is 6.07. The second-order valence-corrected chi connectivity index (χ2v) is 41.8. The van der Waals surface area contributed by atoms with Gasteiger partial charge in [0.15, 0.2) is 0 Å². The highest BCUT2D eigenvalue weighted by Crippen LogP contribution is 2.41. The average molecular weight is 1360 g/mol. The molecule has 5 heterocycles. The van der Waals surface area contributed by atoms with Crippen LogP contribution in [0.1, 0.15) is 354 Å². The van der Waals surface area contributed by atoms with Crippen LogP contribution < -0.4 is 45.0 Å². The molecule has 0 aromatic rings. The summed E-state index contributed by atoms with van der Waals surface area (Å²) in [5, 5.41) is 6.95. The van der Waals surface area contributed by atoms with E-state index in [4.69, 9.17) is 48.6 Å². The predicted octanol–water partition coefficient (Wildman–Crippen LogP) is 19.8. The molecule has 9 fully saturated rings. The van der Waals surface area contributed by atoms with Gasteiger partial charge in [0.1, 0.15) is 0 Å². The fourth-order valence-corrected chi connectivity index (χ4v) is 16.7. The van der Waals surface area contributed by atoms with Crippen molar-refractivity contribution < 1.29 is 14.2 Å². The topological polar surface area (TPSA) is 208 Å².